The van der Waals surface area contributed by atoms with Crippen LogP contribution in [-0.2, 0) is 28.7 Å². The lowest BCUT2D eigenvalue weighted by molar-refractivity contribution is -0.179. The zero-order chi connectivity index (χ0) is 44.3. The van der Waals surface area contributed by atoms with Gasteiger partial charge in [0.2, 0.25) is 11.5 Å². The van der Waals surface area contributed by atoms with Gasteiger partial charge < -0.3 is 39.7 Å². The lowest BCUT2D eigenvalue weighted by Gasteiger charge is -2.37. The van der Waals surface area contributed by atoms with Crippen LogP contribution in [0.25, 0.3) is 11.5 Å². The predicted molar refractivity (Wildman–Crippen MR) is 222 cm³/mol. The number of anilines is 1. The van der Waals surface area contributed by atoms with Crippen molar-refractivity contribution >= 4 is 52.0 Å². The standard InChI is InChI=1S/C40H55N9O10S/c1-11-13-17-55-27-19-24(42-21-28(27)56-18-14-12-2)31-41-16-15-23(44-31)32(50)43-20-25-29(33(51)45-25)47-34(52)30(49-59-40(9,10)35(53)57-38(3,4)5)26-22-60-36(46-26)48-37(54)58-39(6,7)8/h15-16,19,21-22,25,29H,11-14,17-18,20H2,1-10H3,(H,43,50)(H,45,51)(H,47,52)(H,46,48,54)/b49-30-/t25-,29+/m1/s1. The maximum atomic E-state index is 13.8. The molecular weight excluding hydrogens is 799 g/mol. The number of rotatable bonds is 19. The van der Waals surface area contributed by atoms with Crippen LogP contribution in [0.1, 0.15) is 111 Å². The molecule has 3 aromatic heterocycles. The third kappa shape index (κ3) is 13.8. The Morgan fingerprint density at radius 2 is 1.55 bits per heavy atom. The van der Waals surface area contributed by atoms with Gasteiger partial charge in [-0.3, -0.25) is 19.7 Å². The molecule has 4 N–H and O–H groups in total. The Hall–Kier alpha value is -5.92. The van der Waals surface area contributed by atoms with E-state index in [0.29, 0.717) is 30.4 Å². The number of ether oxygens (including phenoxy) is 4. The minimum absolute atomic E-state index is 0.0308. The molecule has 0 saturated carbocycles. The molecule has 4 rings (SSSR count). The topological polar surface area (TPSA) is 244 Å². The summed E-state index contributed by atoms with van der Waals surface area (Å²) in [6.07, 6.45) is 5.85. The van der Waals surface area contributed by atoms with Crippen molar-refractivity contribution in [1.29, 1.82) is 0 Å². The summed E-state index contributed by atoms with van der Waals surface area (Å²) in [6.45, 7) is 18.0. The summed E-state index contributed by atoms with van der Waals surface area (Å²) >= 11 is 0.970. The first-order chi connectivity index (χ1) is 28.2. The highest BCUT2D eigenvalue weighted by Crippen LogP contribution is 2.30. The monoisotopic (exact) mass is 853 g/mol. The Morgan fingerprint density at radius 1 is 0.883 bits per heavy atom. The molecule has 1 fully saturated rings. The molecular formula is C40H55N9O10S. The lowest BCUT2D eigenvalue weighted by atomic mass is 9.98. The van der Waals surface area contributed by atoms with Gasteiger partial charge >= 0.3 is 12.1 Å². The fourth-order valence-electron chi connectivity index (χ4n) is 4.94. The molecule has 3 aromatic rings. The molecule has 0 spiro atoms. The van der Waals surface area contributed by atoms with Crippen LogP contribution in [-0.4, -0.2) is 104 Å². The van der Waals surface area contributed by atoms with E-state index in [1.165, 1.54) is 31.5 Å². The second-order valence-electron chi connectivity index (χ2n) is 16.2. The SMILES string of the molecule is CCCCOc1cnc(-c2nccc(C(=O)NC[C@H]3NC(=O)[C@H]3NC(=O)/C(=N\OC(C)(C)C(=O)OC(C)(C)C)c3csc(NC(=O)OC(C)(C)C)n3)n2)cc1OCCCC. The van der Waals surface area contributed by atoms with Crippen molar-refractivity contribution in [1.82, 2.24) is 35.9 Å². The van der Waals surface area contributed by atoms with Crippen LogP contribution in [0.4, 0.5) is 9.93 Å². The summed E-state index contributed by atoms with van der Waals surface area (Å²) in [5.41, 5.74) is -3.32. The lowest BCUT2D eigenvalue weighted by Crippen LogP contribution is -2.72. The van der Waals surface area contributed by atoms with Gasteiger partial charge in [0.05, 0.1) is 25.5 Å². The summed E-state index contributed by atoms with van der Waals surface area (Å²) in [7, 11) is 0. The number of nitrogens with one attached hydrogen (secondary N) is 4. The van der Waals surface area contributed by atoms with Crippen LogP contribution in [0.2, 0.25) is 0 Å². The maximum absolute atomic E-state index is 13.8. The van der Waals surface area contributed by atoms with Gasteiger partial charge in [0.15, 0.2) is 28.2 Å². The first kappa shape index (κ1) is 46.8. The van der Waals surface area contributed by atoms with E-state index in [1.54, 1.807) is 53.8 Å². The number of thiazole rings is 1. The number of β-lactam (4-membered cyclic amide) rings is 1. The number of amides is 4. The first-order valence-electron chi connectivity index (χ1n) is 19.6. The van der Waals surface area contributed by atoms with Crippen molar-refractivity contribution in [2.24, 2.45) is 5.16 Å². The van der Waals surface area contributed by atoms with Crippen LogP contribution in [0.15, 0.2) is 35.1 Å². The Labute approximate surface area is 353 Å². The highest BCUT2D eigenvalue weighted by molar-refractivity contribution is 7.14. The van der Waals surface area contributed by atoms with E-state index >= 15 is 0 Å². The van der Waals surface area contributed by atoms with Crippen molar-refractivity contribution in [2.75, 3.05) is 25.1 Å². The van der Waals surface area contributed by atoms with Crippen LogP contribution < -0.4 is 30.7 Å². The van der Waals surface area contributed by atoms with Crippen molar-refractivity contribution in [3.8, 4) is 23.0 Å². The third-order valence-corrected chi connectivity index (χ3v) is 8.82. The quantitative estimate of drug-likeness (QED) is 0.0410. The summed E-state index contributed by atoms with van der Waals surface area (Å²) in [5, 5.41) is 16.0. The number of hydrogen-bond donors (Lipinski definition) is 4. The predicted octanol–water partition coefficient (Wildman–Crippen LogP) is 4.95. The molecule has 1 aliphatic heterocycles. The number of carbonyl (C=O) groups excluding carboxylic acids is 5. The smallest absolute Gasteiger partial charge is 0.413 e. The zero-order valence-corrected chi connectivity index (χ0v) is 36.5. The Balaban J connectivity index is 1.48. The molecule has 0 aliphatic carbocycles. The molecule has 0 aromatic carbocycles. The molecule has 4 heterocycles. The average molecular weight is 854 g/mol. The number of carbonyl (C=O) groups is 5. The van der Waals surface area contributed by atoms with Gasteiger partial charge in [-0.05, 0) is 74.3 Å². The van der Waals surface area contributed by atoms with Crippen LogP contribution in [0.3, 0.4) is 0 Å². The third-order valence-electron chi connectivity index (χ3n) is 8.07. The normalized spacial score (nSPS) is 15.5. The average Bonchev–Trinajstić information content (AvgIpc) is 3.62. The number of pyridine rings is 1. The number of unbranched alkanes of at least 4 members (excludes halogenated alkanes) is 2. The molecule has 1 aliphatic rings. The van der Waals surface area contributed by atoms with Gasteiger partial charge in [0, 0.05) is 24.2 Å². The number of aromatic nitrogens is 4. The van der Waals surface area contributed by atoms with E-state index in [0.717, 1.165) is 37.0 Å². The van der Waals surface area contributed by atoms with Gasteiger partial charge in [-0.15, -0.1) is 11.3 Å². The van der Waals surface area contributed by atoms with Crippen molar-refractivity contribution in [2.45, 2.75) is 124 Å². The Morgan fingerprint density at radius 3 is 2.18 bits per heavy atom. The van der Waals surface area contributed by atoms with E-state index in [-0.39, 0.29) is 28.9 Å². The zero-order valence-electron chi connectivity index (χ0n) is 35.7. The minimum Gasteiger partial charge on any atom is -0.490 e. The van der Waals surface area contributed by atoms with E-state index in [4.69, 9.17) is 23.8 Å². The number of oxime groups is 1. The number of nitrogens with zero attached hydrogens (tertiary/aromatic N) is 5. The first-order valence-corrected chi connectivity index (χ1v) is 20.5. The second-order valence-corrected chi connectivity index (χ2v) is 17.0. The van der Waals surface area contributed by atoms with E-state index in [2.05, 4.69) is 60.2 Å². The molecule has 0 radical (unpaired) electrons. The number of esters is 1. The molecule has 2 atom stereocenters. The molecule has 326 valence electrons. The van der Waals surface area contributed by atoms with E-state index in [1.807, 2.05) is 0 Å². The fourth-order valence-corrected chi connectivity index (χ4v) is 5.62. The molecule has 0 bridgehead atoms. The summed E-state index contributed by atoms with van der Waals surface area (Å²) in [4.78, 5) is 88.1. The molecule has 60 heavy (non-hydrogen) atoms. The van der Waals surface area contributed by atoms with E-state index < -0.39 is 64.4 Å². The maximum Gasteiger partial charge on any atom is 0.413 e. The minimum atomic E-state index is -1.65. The van der Waals surface area contributed by atoms with Crippen LogP contribution in [0.5, 0.6) is 11.5 Å². The van der Waals surface area contributed by atoms with E-state index in [9.17, 15) is 24.0 Å². The Bertz CT molecular complexity index is 2040. The molecule has 20 heteroatoms. The van der Waals surface area contributed by atoms with Gasteiger partial charge in [-0.25, -0.2) is 29.5 Å². The second kappa shape index (κ2) is 20.4. The highest BCUT2D eigenvalue weighted by Gasteiger charge is 2.42. The largest absolute Gasteiger partial charge is 0.490 e. The van der Waals surface area contributed by atoms with Crippen molar-refractivity contribution in [3.05, 3.63) is 41.3 Å². The molecule has 19 nitrogen and oxygen atoms in total. The van der Waals surface area contributed by atoms with Gasteiger partial charge in [-0.2, -0.15) is 0 Å². The molecule has 1 saturated heterocycles. The van der Waals surface area contributed by atoms with Crippen molar-refractivity contribution in [3.63, 3.8) is 0 Å². The summed E-state index contributed by atoms with van der Waals surface area (Å²) in [6, 6.07) is 1.25. The van der Waals surface area contributed by atoms with Crippen molar-refractivity contribution < 1.29 is 47.8 Å². The van der Waals surface area contributed by atoms with Gasteiger partial charge in [0.1, 0.15) is 34.3 Å². The molecule has 0 unspecified atom stereocenters. The Kier molecular flexibility index (Phi) is 15.9. The fraction of sp³-hybridized carbons (Fsp3) is 0.550. The highest BCUT2D eigenvalue weighted by atomic mass is 32.1. The summed E-state index contributed by atoms with van der Waals surface area (Å²) < 4.78 is 22.6. The summed E-state index contributed by atoms with van der Waals surface area (Å²) in [5.74, 6) is -1.57. The van der Waals surface area contributed by atoms with Gasteiger partial charge in [0.25, 0.3) is 11.8 Å². The van der Waals surface area contributed by atoms with Crippen LogP contribution >= 0.6 is 11.3 Å². The molecule has 4 amide bonds. The van der Waals surface area contributed by atoms with Gasteiger partial charge in [-0.1, -0.05) is 31.8 Å². The number of hydrogen-bond acceptors (Lipinski definition) is 16. The van der Waals surface area contributed by atoms with Crippen LogP contribution in [0, 0.1) is 0 Å².